The van der Waals surface area contributed by atoms with Crippen LogP contribution >= 0.6 is 11.6 Å². The molecule has 0 radical (unpaired) electrons. The number of hydrogen-bond donors (Lipinski definition) is 1. The number of aryl methyl sites for hydroxylation is 3. The van der Waals surface area contributed by atoms with Gasteiger partial charge in [-0.2, -0.15) is 0 Å². The van der Waals surface area contributed by atoms with Crippen molar-refractivity contribution in [3.63, 3.8) is 0 Å². The summed E-state index contributed by atoms with van der Waals surface area (Å²) in [7, 11) is 0. The average Bonchev–Trinajstić information content (AvgIpc) is 2.95. The van der Waals surface area contributed by atoms with Crippen molar-refractivity contribution in [2.45, 2.75) is 20.8 Å². The summed E-state index contributed by atoms with van der Waals surface area (Å²) in [6.07, 6.45) is 0. The van der Waals surface area contributed by atoms with E-state index in [1.165, 1.54) is 4.90 Å². The molecule has 0 unspecified atom stereocenters. The number of imide groups is 1. The van der Waals surface area contributed by atoms with Crippen molar-refractivity contribution in [1.82, 2.24) is 0 Å². The molecule has 4 rings (SSSR count). The maximum Gasteiger partial charge on any atom is 0.282 e. The molecule has 3 aromatic carbocycles. The van der Waals surface area contributed by atoms with Gasteiger partial charge in [-0.15, -0.1) is 0 Å². The average molecular weight is 417 g/mol. The van der Waals surface area contributed by atoms with E-state index in [0.717, 1.165) is 22.4 Å². The Kier molecular flexibility index (Phi) is 5.18. The van der Waals surface area contributed by atoms with E-state index in [-0.39, 0.29) is 17.5 Å². The number of carbonyl (C=O) groups excluding carboxylic acids is 2. The molecule has 4 nitrogen and oxygen atoms in total. The van der Waals surface area contributed by atoms with Crippen molar-refractivity contribution >= 4 is 40.4 Å². The summed E-state index contributed by atoms with van der Waals surface area (Å²) in [5.74, 6) is -0.739. The second-order valence-electron chi connectivity index (χ2n) is 7.48. The lowest BCUT2D eigenvalue weighted by Gasteiger charge is -2.16. The van der Waals surface area contributed by atoms with E-state index >= 15 is 0 Å². The molecule has 1 N–H and O–H groups in total. The lowest BCUT2D eigenvalue weighted by Crippen LogP contribution is -2.32. The van der Waals surface area contributed by atoms with E-state index in [0.29, 0.717) is 21.8 Å². The van der Waals surface area contributed by atoms with Gasteiger partial charge in [0.05, 0.1) is 11.3 Å². The van der Waals surface area contributed by atoms with Crippen molar-refractivity contribution in [2.75, 3.05) is 10.2 Å². The van der Waals surface area contributed by atoms with Crippen LogP contribution in [0.15, 0.2) is 72.4 Å². The predicted molar refractivity (Wildman–Crippen MR) is 122 cm³/mol. The highest BCUT2D eigenvalue weighted by atomic mass is 35.5. The molecular formula is C25H21ClN2O2. The number of benzene rings is 3. The van der Waals surface area contributed by atoms with E-state index in [1.807, 2.05) is 57.2 Å². The molecule has 0 spiro atoms. The normalized spacial score (nSPS) is 13.9. The second-order valence-corrected chi connectivity index (χ2v) is 7.92. The zero-order chi connectivity index (χ0) is 21.4. The number of nitrogens with zero attached hydrogens (tertiary/aromatic N) is 1. The van der Waals surface area contributed by atoms with E-state index < -0.39 is 0 Å². The lowest BCUT2D eigenvalue weighted by molar-refractivity contribution is -0.120. The quantitative estimate of drug-likeness (QED) is 0.558. The van der Waals surface area contributed by atoms with E-state index in [1.54, 1.807) is 30.3 Å². The summed E-state index contributed by atoms with van der Waals surface area (Å²) in [6, 6.07) is 20.3. The molecule has 0 aromatic heterocycles. The van der Waals surface area contributed by atoms with Crippen molar-refractivity contribution in [3.05, 3.63) is 99.7 Å². The van der Waals surface area contributed by atoms with Crippen LogP contribution in [-0.2, 0) is 9.59 Å². The monoisotopic (exact) mass is 416 g/mol. The fourth-order valence-electron chi connectivity index (χ4n) is 3.54. The van der Waals surface area contributed by atoms with Crippen LogP contribution in [0, 0.1) is 20.8 Å². The van der Waals surface area contributed by atoms with Gasteiger partial charge in [0.15, 0.2) is 0 Å². The molecule has 0 saturated heterocycles. The Hall–Kier alpha value is -3.37. The van der Waals surface area contributed by atoms with Gasteiger partial charge >= 0.3 is 0 Å². The summed E-state index contributed by atoms with van der Waals surface area (Å²) in [5.41, 5.74) is 5.59. The molecule has 0 atom stereocenters. The molecule has 150 valence electrons. The highest BCUT2D eigenvalue weighted by molar-refractivity contribution is 6.46. The zero-order valence-electron chi connectivity index (χ0n) is 17.0. The van der Waals surface area contributed by atoms with Crippen LogP contribution in [0.25, 0.3) is 5.57 Å². The highest BCUT2D eigenvalue weighted by Crippen LogP contribution is 2.35. The number of anilines is 2. The minimum absolute atomic E-state index is 0.262. The molecule has 1 aliphatic heterocycles. The number of amides is 2. The largest absolute Gasteiger partial charge is 0.350 e. The fourth-order valence-corrected chi connectivity index (χ4v) is 3.66. The number of hydrogen-bond acceptors (Lipinski definition) is 3. The summed E-state index contributed by atoms with van der Waals surface area (Å²) in [4.78, 5) is 28.1. The van der Waals surface area contributed by atoms with E-state index in [9.17, 15) is 9.59 Å². The van der Waals surface area contributed by atoms with Crippen LogP contribution in [0.4, 0.5) is 11.4 Å². The molecule has 0 aliphatic carbocycles. The summed E-state index contributed by atoms with van der Waals surface area (Å²) >= 11 is 6.04. The van der Waals surface area contributed by atoms with Crippen LogP contribution in [0.5, 0.6) is 0 Å². The molecule has 30 heavy (non-hydrogen) atoms. The van der Waals surface area contributed by atoms with Crippen LogP contribution in [0.1, 0.15) is 22.3 Å². The molecule has 2 amide bonds. The third kappa shape index (κ3) is 3.62. The fraction of sp³-hybridized carbons (Fsp3) is 0.120. The van der Waals surface area contributed by atoms with Gasteiger partial charge in [-0.05, 0) is 73.4 Å². The Balaban J connectivity index is 1.85. The molecule has 5 heteroatoms. The minimum atomic E-state index is -0.378. The first-order valence-corrected chi connectivity index (χ1v) is 10.0. The summed E-state index contributed by atoms with van der Waals surface area (Å²) in [5, 5.41) is 3.81. The minimum Gasteiger partial charge on any atom is -0.350 e. The predicted octanol–water partition coefficient (Wildman–Crippen LogP) is 5.66. The molecule has 3 aromatic rings. The third-order valence-electron chi connectivity index (χ3n) is 5.13. The van der Waals surface area contributed by atoms with Crippen molar-refractivity contribution in [2.24, 2.45) is 0 Å². The summed E-state index contributed by atoms with van der Waals surface area (Å²) < 4.78 is 0. The van der Waals surface area contributed by atoms with Crippen LogP contribution < -0.4 is 10.2 Å². The smallest absolute Gasteiger partial charge is 0.282 e. The number of halogens is 1. The van der Waals surface area contributed by atoms with Gasteiger partial charge in [-0.1, -0.05) is 48.0 Å². The van der Waals surface area contributed by atoms with Crippen LogP contribution in [0.2, 0.25) is 5.02 Å². The van der Waals surface area contributed by atoms with E-state index in [4.69, 9.17) is 11.6 Å². The molecular weight excluding hydrogens is 396 g/mol. The van der Waals surface area contributed by atoms with Crippen molar-refractivity contribution in [3.8, 4) is 0 Å². The maximum atomic E-state index is 13.4. The van der Waals surface area contributed by atoms with Gasteiger partial charge in [-0.25, -0.2) is 4.90 Å². The zero-order valence-corrected chi connectivity index (χ0v) is 17.7. The maximum absolute atomic E-state index is 13.4. The van der Waals surface area contributed by atoms with Crippen LogP contribution in [-0.4, -0.2) is 11.8 Å². The van der Waals surface area contributed by atoms with Gasteiger partial charge in [0.25, 0.3) is 11.8 Å². The Morgan fingerprint density at radius 2 is 1.50 bits per heavy atom. The van der Waals surface area contributed by atoms with Gasteiger partial charge in [0, 0.05) is 10.7 Å². The van der Waals surface area contributed by atoms with Gasteiger partial charge in [-0.3, -0.25) is 9.59 Å². The van der Waals surface area contributed by atoms with Gasteiger partial charge < -0.3 is 5.32 Å². The molecule has 0 fully saturated rings. The second kappa shape index (κ2) is 7.81. The third-order valence-corrected chi connectivity index (χ3v) is 5.38. The standard InChI is InChI=1S/C25H21ClN2O2/c1-15-5-4-6-20(13-15)28-24(29)22(18-9-11-19(26)12-10-18)23(25(28)30)27-21-14-16(2)7-8-17(21)3/h4-14,27H,1-3H3. The van der Waals surface area contributed by atoms with Gasteiger partial charge in [0.1, 0.15) is 5.70 Å². The molecule has 0 saturated carbocycles. The molecule has 0 bridgehead atoms. The Labute approximate surface area is 180 Å². The molecule has 1 heterocycles. The lowest BCUT2D eigenvalue weighted by atomic mass is 10.0. The Morgan fingerprint density at radius 1 is 0.800 bits per heavy atom. The topological polar surface area (TPSA) is 49.4 Å². The van der Waals surface area contributed by atoms with E-state index in [2.05, 4.69) is 5.32 Å². The Morgan fingerprint density at radius 3 is 2.20 bits per heavy atom. The molecule has 1 aliphatic rings. The number of rotatable bonds is 4. The van der Waals surface area contributed by atoms with Crippen molar-refractivity contribution < 1.29 is 9.59 Å². The SMILES string of the molecule is Cc1cccc(N2C(=O)C(Nc3cc(C)ccc3C)=C(c3ccc(Cl)cc3)C2=O)c1. The first-order valence-electron chi connectivity index (χ1n) is 9.65. The van der Waals surface area contributed by atoms with Crippen LogP contribution in [0.3, 0.4) is 0 Å². The highest BCUT2D eigenvalue weighted by Gasteiger charge is 2.40. The Bertz CT molecular complexity index is 1200. The first kappa shape index (κ1) is 19.9. The first-order chi connectivity index (χ1) is 14.3. The van der Waals surface area contributed by atoms with Gasteiger partial charge in [0.2, 0.25) is 0 Å². The summed E-state index contributed by atoms with van der Waals surface area (Å²) in [6.45, 7) is 5.88. The number of carbonyl (C=O) groups is 2. The van der Waals surface area contributed by atoms with Crippen molar-refractivity contribution in [1.29, 1.82) is 0 Å². The number of nitrogens with one attached hydrogen (secondary N) is 1.